The Morgan fingerprint density at radius 3 is 2.76 bits per heavy atom. The van der Waals surface area contributed by atoms with Crippen molar-refractivity contribution in [3.8, 4) is 5.75 Å². The Balaban J connectivity index is 2.10. The lowest BCUT2D eigenvalue weighted by Gasteiger charge is -2.20. The zero-order valence-corrected chi connectivity index (χ0v) is 14.6. The highest BCUT2D eigenvalue weighted by Gasteiger charge is 2.24. The monoisotopic (exact) mass is 413 g/mol. The van der Waals surface area contributed by atoms with Gasteiger partial charge >= 0.3 is 0 Å². The average molecular weight is 415 g/mol. The van der Waals surface area contributed by atoms with Crippen molar-refractivity contribution in [2.24, 2.45) is 0 Å². The Labute approximate surface area is 140 Å². The lowest BCUT2D eigenvalue weighted by atomic mass is 9.96. The van der Waals surface area contributed by atoms with Crippen molar-refractivity contribution in [2.75, 3.05) is 13.7 Å². The summed E-state index contributed by atoms with van der Waals surface area (Å²) in [5.74, 6) is 0.654. The molecule has 0 amide bonds. The Bertz CT molecular complexity index is 690. The van der Waals surface area contributed by atoms with E-state index in [0.717, 1.165) is 27.8 Å². The zero-order chi connectivity index (χ0) is 15.0. The first-order chi connectivity index (χ1) is 10.1. The fourth-order valence-corrected chi connectivity index (χ4v) is 3.48. The van der Waals surface area contributed by atoms with Gasteiger partial charge in [-0.1, -0.05) is 22.0 Å². The van der Waals surface area contributed by atoms with E-state index >= 15 is 0 Å². The minimum atomic E-state index is -0.264. The number of hydrogen-bond acceptors (Lipinski definition) is 2. The van der Waals surface area contributed by atoms with Gasteiger partial charge in [-0.2, -0.15) is 0 Å². The Hall–Kier alpha value is -0.910. The van der Waals surface area contributed by atoms with Gasteiger partial charge in [0, 0.05) is 16.5 Å². The van der Waals surface area contributed by atoms with Crippen LogP contribution in [0.1, 0.15) is 22.7 Å². The quantitative estimate of drug-likeness (QED) is 0.792. The van der Waals surface area contributed by atoms with Gasteiger partial charge in [-0.3, -0.25) is 0 Å². The molecular formula is C16H14Br2FNO. The molecule has 1 N–H and O–H groups in total. The normalized spacial score (nSPS) is 14.7. The van der Waals surface area contributed by atoms with Gasteiger partial charge in [0.2, 0.25) is 0 Å². The van der Waals surface area contributed by atoms with Crippen LogP contribution in [0.25, 0.3) is 0 Å². The van der Waals surface area contributed by atoms with Crippen molar-refractivity contribution < 1.29 is 9.13 Å². The number of ether oxygens (including phenoxy) is 1. The molecule has 0 aromatic heterocycles. The van der Waals surface area contributed by atoms with Crippen molar-refractivity contribution >= 4 is 31.9 Å². The van der Waals surface area contributed by atoms with Crippen LogP contribution in [0.2, 0.25) is 0 Å². The molecule has 21 heavy (non-hydrogen) atoms. The summed E-state index contributed by atoms with van der Waals surface area (Å²) in [6.45, 7) is 0.698. The van der Waals surface area contributed by atoms with Gasteiger partial charge in [0.25, 0.3) is 0 Å². The van der Waals surface area contributed by atoms with E-state index in [1.54, 1.807) is 12.1 Å². The molecule has 0 aliphatic carbocycles. The van der Waals surface area contributed by atoms with E-state index in [9.17, 15) is 4.39 Å². The van der Waals surface area contributed by atoms with Crippen molar-refractivity contribution in [1.29, 1.82) is 0 Å². The van der Waals surface area contributed by atoms with E-state index in [2.05, 4.69) is 43.2 Å². The number of rotatable bonds is 3. The smallest absolute Gasteiger partial charge is 0.137 e. The first-order valence-corrected chi connectivity index (χ1v) is 8.26. The second kappa shape index (κ2) is 6.07. The third-order valence-corrected chi connectivity index (χ3v) is 4.75. The zero-order valence-electron chi connectivity index (χ0n) is 11.4. The molecule has 3 rings (SSSR count). The number of halogens is 3. The molecule has 110 valence electrons. The largest absolute Gasteiger partial charge is 0.493 e. The predicted octanol–water partition coefficient (Wildman–Crippen LogP) is 4.59. The van der Waals surface area contributed by atoms with Gasteiger partial charge < -0.3 is 10.1 Å². The van der Waals surface area contributed by atoms with E-state index in [4.69, 9.17) is 4.74 Å². The molecule has 2 nitrogen and oxygen atoms in total. The molecular weight excluding hydrogens is 401 g/mol. The average Bonchev–Trinajstić information content (AvgIpc) is 2.91. The van der Waals surface area contributed by atoms with Crippen LogP contribution in [0.4, 0.5) is 4.39 Å². The summed E-state index contributed by atoms with van der Waals surface area (Å²) in [4.78, 5) is 0. The van der Waals surface area contributed by atoms with Crippen LogP contribution in [-0.4, -0.2) is 13.7 Å². The molecule has 5 heteroatoms. The third kappa shape index (κ3) is 2.87. The number of benzene rings is 2. The highest BCUT2D eigenvalue weighted by Crippen LogP contribution is 2.39. The Kier molecular flexibility index (Phi) is 4.33. The summed E-state index contributed by atoms with van der Waals surface area (Å²) in [6.07, 6.45) is 0.910. The molecule has 1 atom stereocenters. The molecule has 0 bridgehead atoms. The molecule has 1 aliphatic rings. The summed E-state index contributed by atoms with van der Waals surface area (Å²) in [6, 6.07) is 9.20. The maximum Gasteiger partial charge on any atom is 0.137 e. The van der Waals surface area contributed by atoms with E-state index < -0.39 is 0 Å². The molecule has 1 heterocycles. The van der Waals surface area contributed by atoms with Crippen LogP contribution in [0, 0.1) is 5.82 Å². The fourth-order valence-electron chi connectivity index (χ4n) is 2.71. The maximum atomic E-state index is 13.8. The minimum absolute atomic E-state index is 0.114. The number of nitrogens with one attached hydrogen (secondary N) is 1. The highest BCUT2D eigenvalue weighted by atomic mass is 79.9. The van der Waals surface area contributed by atoms with E-state index in [1.807, 2.05) is 19.2 Å². The van der Waals surface area contributed by atoms with E-state index in [-0.39, 0.29) is 11.9 Å². The van der Waals surface area contributed by atoms with Gasteiger partial charge in [-0.15, -0.1) is 0 Å². The molecule has 0 radical (unpaired) electrons. The van der Waals surface area contributed by atoms with Crippen molar-refractivity contribution in [1.82, 2.24) is 5.32 Å². The highest BCUT2D eigenvalue weighted by molar-refractivity contribution is 9.10. The topological polar surface area (TPSA) is 21.3 Å². The molecule has 2 aromatic carbocycles. The first-order valence-electron chi connectivity index (χ1n) is 6.67. The van der Waals surface area contributed by atoms with Crippen molar-refractivity contribution in [3.63, 3.8) is 0 Å². The molecule has 0 fully saturated rings. The number of fused-ring (bicyclic) bond motifs is 1. The fraction of sp³-hybridized carbons (Fsp3) is 0.250. The van der Waals surface area contributed by atoms with Crippen LogP contribution < -0.4 is 10.1 Å². The van der Waals surface area contributed by atoms with Crippen LogP contribution >= 0.6 is 31.9 Å². The van der Waals surface area contributed by atoms with Gasteiger partial charge in [-0.05, 0) is 58.4 Å². The lowest BCUT2D eigenvalue weighted by molar-refractivity contribution is 0.351. The second-order valence-electron chi connectivity index (χ2n) is 4.98. The lowest BCUT2D eigenvalue weighted by Crippen LogP contribution is -2.18. The second-order valence-corrected chi connectivity index (χ2v) is 6.75. The third-order valence-electron chi connectivity index (χ3n) is 3.65. The summed E-state index contributed by atoms with van der Waals surface area (Å²) < 4.78 is 21.1. The molecule has 1 unspecified atom stereocenters. The summed E-state index contributed by atoms with van der Waals surface area (Å²) in [7, 11) is 1.87. The summed E-state index contributed by atoms with van der Waals surface area (Å²) >= 11 is 6.74. The molecule has 0 saturated heterocycles. The molecule has 1 aliphatic heterocycles. The van der Waals surface area contributed by atoms with Crippen LogP contribution in [-0.2, 0) is 6.42 Å². The SMILES string of the molecule is CNC(c1ccc(Br)c(F)c1)c1cc(Br)cc2c1OCC2. The van der Waals surface area contributed by atoms with Gasteiger partial charge in [0.1, 0.15) is 11.6 Å². The number of hydrogen-bond donors (Lipinski definition) is 1. The van der Waals surface area contributed by atoms with Gasteiger partial charge in [0.15, 0.2) is 0 Å². The van der Waals surface area contributed by atoms with Crippen molar-refractivity contribution in [3.05, 3.63) is 61.8 Å². The van der Waals surface area contributed by atoms with Crippen LogP contribution in [0.5, 0.6) is 5.75 Å². The molecule has 0 spiro atoms. The summed E-state index contributed by atoms with van der Waals surface area (Å²) in [5.41, 5.74) is 3.09. The van der Waals surface area contributed by atoms with E-state index in [1.165, 1.54) is 5.56 Å². The maximum absolute atomic E-state index is 13.8. The minimum Gasteiger partial charge on any atom is -0.493 e. The van der Waals surface area contributed by atoms with E-state index in [0.29, 0.717) is 11.1 Å². The first kappa shape index (κ1) is 15.0. The van der Waals surface area contributed by atoms with Crippen LogP contribution in [0.15, 0.2) is 39.3 Å². The Morgan fingerprint density at radius 2 is 2.05 bits per heavy atom. The van der Waals surface area contributed by atoms with Crippen LogP contribution in [0.3, 0.4) is 0 Å². The van der Waals surface area contributed by atoms with Gasteiger partial charge in [-0.25, -0.2) is 4.39 Å². The summed E-state index contributed by atoms with van der Waals surface area (Å²) in [5, 5.41) is 3.26. The van der Waals surface area contributed by atoms with Gasteiger partial charge in [0.05, 0.1) is 17.1 Å². The standard InChI is InChI=1S/C16H14Br2FNO/c1-20-15(9-2-3-13(18)14(19)7-9)12-8-11(17)6-10-4-5-21-16(10)12/h2-3,6-8,15,20H,4-5H2,1H3. The molecule has 2 aromatic rings. The molecule has 0 saturated carbocycles. The Morgan fingerprint density at radius 1 is 1.24 bits per heavy atom. The predicted molar refractivity (Wildman–Crippen MR) is 88.3 cm³/mol. The van der Waals surface area contributed by atoms with Crippen molar-refractivity contribution in [2.45, 2.75) is 12.5 Å².